The number of carbonyl (C=O) groups is 1. The van der Waals surface area contributed by atoms with E-state index in [1.54, 1.807) is 11.8 Å². The van der Waals surface area contributed by atoms with E-state index < -0.39 is 0 Å². The average Bonchev–Trinajstić information content (AvgIpc) is 3.23. The number of likely N-dealkylation sites (tertiary alicyclic amines) is 1. The lowest BCUT2D eigenvalue weighted by Gasteiger charge is -2.31. The summed E-state index contributed by atoms with van der Waals surface area (Å²) in [4.78, 5) is 16.4. The Morgan fingerprint density at radius 1 is 1.24 bits per heavy atom. The first-order valence-electron chi connectivity index (χ1n) is 8.11. The van der Waals surface area contributed by atoms with E-state index in [2.05, 4.69) is 34.5 Å². The molecule has 0 aliphatic carbocycles. The summed E-state index contributed by atoms with van der Waals surface area (Å²) in [5.74, 6) is 0.368. The third-order valence-corrected chi connectivity index (χ3v) is 6.37. The van der Waals surface area contributed by atoms with Gasteiger partial charge in [0.2, 0.25) is 5.91 Å². The van der Waals surface area contributed by atoms with Gasteiger partial charge in [-0.05, 0) is 50.3 Å². The fourth-order valence-electron chi connectivity index (χ4n) is 4.03. The number of hydrogen-bond acceptors (Lipinski definition) is 3. The van der Waals surface area contributed by atoms with Crippen LogP contribution in [0.2, 0.25) is 0 Å². The highest BCUT2D eigenvalue weighted by Gasteiger charge is 2.40. The minimum atomic E-state index is 0.101. The van der Waals surface area contributed by atoms with Gasteiger partial charge in [0.05, 0.1) is 5.25 Å². The Morgan fingerprint density at radius 3 is 2.95 bits per heavy atom. The standard InChI is InChI=1S/C17H22N2OS/c20-17(16-11-12-5-1-2-8-15(12)21-16)19-10-4-7-14(19)13-6-3-9-18-13/h1-2,5,8,13-14,16,18H,3-4,6-7,9-11H2. The number of thioether (sulfide) groups is 1. The first-order valence-corrected chi connectivity index (χ1v) is 8.99. The van der Waals surface area contributed by atoms with E-state index in [0.717, 1.165) is 19.5 Å². The van der Waals surface area contributed by atoms with Crippen LogP contribution >= 0.6 is 11.8 Å². The van der Waals surface area contributed by atoms with Gasteiger partial charge in [0.15, 0.2) is 0 Å². The molecule has 0 saturated carbocycles. The molecule has 1 aromatic rings. The third-order valence-electron chi connectivity index (χ3n) is 5.07. The number of fused-ring (bicyclic) bond motifs is 1. The van der Waals surface area contributed by atoms with Crippen LogP contribution in [0.3, 0.4) is 0 Å². The summed E-state index contributed by atoms with van der Waals surface area (Å²) in [6.07, 6.45) is 5.73. The van der Waals surface area contributed by atoms with Crippen LogP contribution in [-0.2, 0) is 11.2 Å². The van der Waals surface area contributed by atoms with Gasteiger partial charge in [-0.25, -0.2) is 0 Å². The zero-order valence-electron chi connectivity index (χ0n) is 12.3. The summed E-state index contributed by atoms with van der Waals surface area (Å²) in [7, 11) is 0. The van der Waals surface area contributed by atoms with E-state index in [0.29, 0.717) is 18.0 Å². The van der Waals surface area contributed by atoms with Crippen LogP contribution in [0.25, 0.3) is 0 Å². The molecule has 1 aromatic carbocycles. The second kappa shape index (κ2) is 5.65. The van der Waals surface area contributed by atoms with E-state index in [-0.39, 0.29) is 5.25 Å². The van der Waals surface area contributed by atoms with E-state index in [1.165, 1.54) is 36.1 Å². The van der Waals surface area contributed by atoms with Gasteiger partial charge in [0.25, 0.3) is 0 Å². The molecule has 0 spiro atoms. The first kappa shape index (κ1) is 13.6. The smallest absolute Gasteiger partial charge is 0.236 e. The van der Waals surface area contributed by atoms with Crippen molar-refractivity contribution < 1.29 is 4.79 Å². The molecule has 3 unspecified atom stereocenters. The van der Waals surface area contributed by atoms with Crippen LogP contribution in [0, 0.1) is 0 Å². The molecule has 4 heteroatoms. The predicted molar refractivity (Wildman–Crippen MR) is 85.6 cm³/mol. The summed E-state index contributed by atoms with van der Waals surface area (Å²) >= 11 is 1.76. The highest BCUT2D eigenvalue weighted by molar-refractivity contribution is 8.01. The maximum absolute atomic E-state index is 13.0. The molecule has 0 aromatic heterocycles. The van der Waals surface area contributed by atoms with Crippen molar-refractivity contribution in [3.8, 4) is 0 Å². The molecule has 2 saturated heterocycles. The largest absolute Gasteiger partial charge is 0.337 e. The van der Waals surface area contributed by atoms with Crippen molar-refractivity contribution in [2.24, 2.45) is 0 Å². The number of amides is 1. The lowest BCUT2D eigenvalue weighted by atomic mass is 10.0. The second-order valence-corrected chi connectivity index (χ2v) is 7.61. The van der Waals surface area contributed by atoms with Gasteiger partial charge in [-0.15, -0.1) is 11.8 Å². The van der Waals surface area contributed by atoms with E-state index in [1.807, 2.05) is 0 Å². The summed E-state index contributed by atoms with van der Waals surface area (Å²) in [5.41, 5.74) is 1.34. The SMILES string of the molecule is O=C(C1Cc2ccccc2S1)N1CCCC1C1CCCN1. The van der Waals surface area contributed by atoms with Gasteiger partial charge < -0.3 is 10.2 Å². The van der Waals surface area contributed by atoms with Crippen LogP contribution in [0.4, 0.5) is 0 Å². The van der Waals surface area contributed by atoms with Crippen molar-refractivity contribution in [2.45, 2.75) is 54.3 Å². The van der Waals surface area contributed by atoms with Crippen molar-refractivity contribution in [1.29, 1.82) is 0 Å². The Kier molecular flexibility index (Phi) is 3.67. The molecule has 3 aliphatic heterocycles. The summed E-state index contributed by atoms with van der Waals surface area (Å²) in [6.45, 7) is 2.07. The molecule has 3 atom stereocenters. The van der Waals surface area contributed by atoms with Crippen molar-refractivity contribution in [3.05, 3.63) is 29.8 Å². The molecular formula is C17H22N2OS. The zero-order chi connectivity index (χ0) is 14.2. The monoisotopic (exact) mass is 302 g/mol. The quantitative estimate of drug-likeness (QED) is 0.911. The minimum absolute atomic E-state index is 0.101. The zero-order valence-corrected chi connectivity index (χ0v) is 13.1. The summed E-state index contributed by atoms with van der Waals surface area (Å²) < 4.78 is 0. The molecule has 112 valence electrons. The molecule has 3 heterocycles. The maximum atomic E-state index is 13.0. The van der Waals surface area contributed by atoms with Crippen molar-refractivity contribution >= 4 is 17.7 Å². The van der Waals surface area contributed by atoms with Crippen molar-refractivity contribution in [1.82, 2.24) is 10.2 Å². The molecule has 0 bridgehead atoms. The first-order chi connectivity index (χ1) is 10.3. The summed E-state index contributed by atoms with van der Waals surface area (Å²) in [5, 5.41) is 3.69. The lowest BCUT2D eigenvalue weighted by molar-refractivity contribution is -0.131. The van der Waals surface area contributed by atoms with Crippen molar-refractivity contribution in [2.75, 3.05) is 13.1 Å². The predicted octanol–water partition coefficient (Wildman–Crippen LogP) is 2.45. The highest BCUT2D eigenvalue weighted by atomic mass is 32.2. The molecule has 1 amide bonds. The average molecular weight is 302 g/mol. The van der Waals surface area contributed by atoms with Gasteiger partial charge in [-0.1, -0.05) is 18.2 Å². The van der Waals surface area contributed by atoms with Gasteiger partial charge in [-0.2, -0.15) is 0 Å². The molecule has 4 rings (SSSR count). The van der Waals surface area contributed by atoms with Crippen LogP contribution in [-0.4, -0.2) is 41.2 Å². The van der Waals surface area contributed by atoms with E-state index in [9.17, 15) is 4.79 Å². The van der Waals surface area contributed by atoms with Crippen molar-refractivity contribution in [3.63, 3.8) is 0 Å². The van der Waals surface area contributed by atoms with Gasteiger partial charge >= 0.3 is 0 Å². The maximum Gasteiger partial charge on any atom is 0.236 e. The highest BCUT2D eigenvalue weighted by Crippen LogP contribution is 2.39. The molecule has 3 aliphatic rings. The normalized spacial score (nSPS) is 31.6. The fraction of sp³-hybridized carbons (Fsp3) is 0.588. The number of benzene rings is 1. The molecule has 21 heavy (non-hydrogen) atoms. The van der Waals surface area contributed by atoms with Gasteiger partial charge in [0.1, 0.15) is 0 Å². The summed E-state index contributed by atoms with van der Waals surface area (Å²) in [6, 6.07) is 9.42. The number of hydrogen-bond donors (Lipinski definition) is 1. The third kappa shape index (κ3) is 2.49. The lowest BCUT2D eigenvalue weighted by Crippen LogP contribution is -2.49. The number of nitrogens with zero attached hydrogens (tertiary/aromatic N) is 1. The van der Waals surface area contributed by atoms with E-state index >= 15 is 0 Å². The number of carbonyl (C=O) groups excluding carboxylic acids is 1. The Balaban J connectivity index is 1.47. The van der Waals surface area contributed by atoms with Gasteiger partial charge in [-0.3, -0.25) is 4.79 Å². The van der Waals surface area contributed by atoms with E-state index in [4.69, 9.17) is 0 Å². The van der Waals surface area contributed by atoms with Crippen LogP contribution in [0.1, 0.15) is 31.2 Å². The molecule has 1 N–H and O–H groups in total. The fourth-order valence-corrected chi connectivity index (χ4v) is 5.29. The molecule has 3 nitrogen and oxygen atoms in total. The minimum Gasteiger partial charge on any atom is -0.337 e. The Hall–Kier alpha value is -1.00. The second-order valence-electron chi connectivity index (χ2n) is 6.36. The molecule has 0 radical (unpaired) electrons. The number of nitrogens with one attached hydrogen (secondary N) is 1. The van der Waals surface area contributed by atoms with Crippen LogP contribution in [0.5, 0.6) is 0 Å². The molecular weight excluding hydrogens is 280 g/mol. The Morgan fingerprint density at radius 2 is 2.14 bits per heavy atom. The molecule has 2 fully saturated rings. The number of rotatable bonds is 2. The van der Waals surface area contributed by atoms with Crippen LogP contribution in [0.15, 0.2) is 29.2 Å². The van der Waals surface area contributed by atoms with Crippen LogP contribution < -0.4 is 5.32 Å². The Bertz CT molecular complexity index is 516. The topological polar surface area (TPSA) is 32.3 Å². The Labute approximate surface area is 130 Å². The van der Waals surface area contributed by atoms with Gasteiger partial charge in [0, 0.05) is 23.5 Å².